The van der Waals surface area contributed by atoms with Crippen molar-refractivity contribution < 1.29 is 23.9 Å². The number of ether oxygens (including phenoxy) is 2. The predicted molar refractivity (Wildman–Crippen MR) is 91.0 cm³/mol. The Kier molecular flexibility index (Phi) is 3.82. The zero-order chi connectivity index (χ0) is 18.6. The van der Waals surface area contributed by atoms with E-state index in [1.807, 2.05) is 26.0 Å². The van der Waals surface area contributed by atoms with Gasteiger partial charge in [0.15, 0.2) is 11.2 Å². The molecule has 3 rings (SSSR count). The van der Waals surface area contributed by atoms with Crippen molar-refractivity contribution in [3.8, 4) is 0 Å². The highest BCUT2D eigenvalue weighted by Gasteiger charge is 2.95. The molecule has 1 aliphatic heterocycles. The highest BCUT2D eigenvalue weighted by atomic mass is 16.6. The summed E-state index contributed by atoms with van der Waals surface area (Å²) in [5.41, 5.74) is -1.97. The number of fused-ring (bicyclic) bond motifs is 1. The summed E-state index contributed by atoms with van der Waals surface area (Å²) in [6.07, 6.45) is 0.377. The summed E-state index contributed by atoms with van der Waals surface area (Å²) in [5.74, 6) is -1.98. The average Bonchev–Trinajstić information content (AvgIpc) is 3.15. The van der Waals surface area contributed by atoms with Gasteiger partial charge in [0.25, 0.3) is 0 Å². The van der Waals surface area contributed by atoms with E-state index in [4.69, 9.17) is 9.47 Å². The second-order valence-corrected chi connectivity index (χ2v) is 7.47. The fourth-order valence-corrected chi connectivity index (χ4v) is 4.87. The SMILES string of the molecule is CCOC(=O)[C@@]12C(=O)OC(C)(C)[C@@H]1[C@@]2(CC)C(=O)c1ccc(C)cc1. The third-order valence-electron chi connectivity index (χ3n) is 5.79. The van der Waals surface area contributed by atoms with Gasteiger partial charge in [-0.15, -0.1) is 0 Å². The standard InChI is InChI=1S/C20H24O5/c1-6-19(14(21)13-10-8-12(3)9-11-13)15-18(4,5)25-17(23)20(15,19)16(22)24-7-2/h8-11,15H,6-7H2,1-5H3/t15-,19-,20-/m1/s1. The van der Waals surface area contributed by atoms with Gasteiger partial charge in [-0.2, -0.15) is 0 Å². The summed E-state index contributed by atoms with van der Waals surface area (Å²) in [4.78, 5) is 39.0. The van der Waals surface area contributed by atoms with Crippen molar-refractivity contribution in [2.75, 3.05) is 6.61 Å². The van der Waals surface area contributed by atoms with E-state index in [2.05, 4.69) is 0 Å². The van der Waals surface area contributed by atoms with Gasteiger partial charge in [-0.05, 0) is 34.1 Å². The average molecular weight is 344 g/mol. The number of Topliss-reactive ketones (excluding diaryl/α,β-unsaturated/α-hetero) is 1. The van der Waals surface area contributed by atoms with Crippen LogP contribution in [0, 0.1) is 23.7 Å². The number of benzene rings is 1. The predicted octanol–water partition coefficient (Wildman–Crippen LogP) is 3.09. The van der Waals surface area contributed by atoms with Crippen LogP contribution in [-0.2, 0) is 19.1 Å². The van der Waals surface area contributed by atoms with Gasteiger partial charge in [-0.25, -0.2) is 0 Å². The lowest BCUT2D eigenvalue weighted by Crippen LogP contribution is -2.40. The summed E-state index contributed by atoms with van der Waals surface area (Å²) in [6.45, 7) is 9.14. The van der Waals surface area contributed by atoms with Gasteiger partial charge in [0.2, 0.25) is 0 Å². The molecule has 25 heavy (non-hydrogen) atoms. The van der Waals surface area contributed by atoms with Gasteiger partial charge < -0.3 is 9.47 Å². The molecule has 0 radical (unpaired) electrons. The Morgan fingerprint density at radius 1 is 1.16 bits per heavy atom. The third-order valence-corrected chi connectivity index (χ3v) is 5.79. The van der Waals surface area contributed by atoms with E-state index in [0.29, 0.717) is 12.0 Å². The molecule has 3 atom stereocenters. The van der Waals surface area contributed by atoms with E-state index in [9.17, 15) is 14.4 Å². The van der Waals surface area contributed by atoms with Crippen LogP contribution in [0.1, 0.15) is 50.0 Å². The Hall–Kier alpha value is -2.17. The zero-order valence-corrected chi connectivity index (χ0v) is 15.3. The smallest absolute Gasteiger partial charge is 0.325 e. The lowest BCUT2D eigenvalue weighted by Gasteiger charge is -2.28. The molecule has 5 heteroatoms. The van der Waals surface area contributed by atoms with Crippen LogP contribution in [-0.4, -0.2) is 29.9 Å². The Morgan fingerprint density at radius 2 is 1.76 bits per heavy atom. The molecular formula is C20H24O5. The normalized spacial score (nSPS) is 31.9. The van der Waals surface area contributed by atoms with Crippen LogP contribution < -0.4 is 0 Å². The maximum absolute atomic E-state index is 13.4. The molecule has 2 aliphatic rings. The summed E-state index contributed by atoms with van der Waals surface area (Å²) in [5, 5.41) is 0. The van der Waals surface area contributed by atoms with E-state index in [1.54, 1.807) is 32.9 Å². The van der Waals surface area contributed by atoms with E-state index in [0.717, 1.165) is 5.56 Å². The van der Waals surface area contributed by atoms with Crippen LogP contribution in [0.15, 0.2) is 24.3 Å². The molecule has 1 heterocycles. The number of ketones is 1. The highest BCUT2D eigenvalue weighted by molar-refractivity contribution is 6.19. The summed E-state index contributed by atoms with van der Waals surface area (Å²) >= 11 is 0. The fraction of sp³-hybridized carbons (Fsp3) is 0.550. The minimum Gasteiger partial charge on any atom is -0.465 e. The lowest BCUT2D eigenvalue weighted by atomic mass is 9.81. The van der Waals surface area contributed by atoms with Crippen molar-refractivity contribution in [1.29, 1.82) is 0 Å². The maximum atomic E-state index is 13.4. The number of carbonyl (C=O) groups excluding carboxylic acids is 3. The third kappa shape index (κ3) is 1.98. The van der Waals surface area contributed by atoms with Gasteiger partial charge in [0.05, 0.1) is 12.0 Å². The molecule has 1 aromatic rings. The Labute approximate surface area is 147 Å². The Balaban J connectivity index is 2.14. The topological polar surface area (TPSA) is 69.7 Å². The van der Waals surface area contributed by atoms with Crippen molar-refractivity contribution in [1.82, 2.24) is 0 Å². The number of carbonyl (C=O) groups is 3. The maximum Gasteiger partial charge on any atom is 0.325 e. The van der Waals surface area contributed by atoms with Gasteiger partial charge >= 0.3 is 11.9 Å². The minimum atomic E-state index is -1.52. The van der Waals surface area contributed by atoms with Crippen molar-refractivity contribution in [3.63, 3.8) is 0 Å². The first kappa shape index (κ1) is 17.6. The van der Waals surface area contributed by atoms with Gasteiger partial charge in [-0.1, -0.05) is 36.8 Å². The Morgan fingerprint density at radius 3 is 2.28 bits per heavy atom. The number of hydrogen-bond acceptors (Lipinski definition) is 5. The first-order valence-electron chi connectivity index (χ1n) is 8.72. The molecule has 1 aliphatic carbocycles. The van der Waals surface area contributed by atoms with Crippen LogP contribution in [0.3, 0.4) is 0 Å². The molecule has 0 amide bonds. The number of aryl methyl sites for hydroxylation is 1. The molecular weight excluding hydrogens is 320 g/mol. The van der Waals surface area contributed by atoms with Crippen molar-refractivity contribution in [2.45, 2.75) is 46.6 Å². The highest BCUT2D eigenvalue weighted by Crippen LogP contribution is 2.80. The largest absolute Gasteiger partial charge is 0.465 e. The second kappa shape index (κ2) is 5.41. The zero-order valence-electron chi connectivity index (χ0n) is 15.3. The molecule has 1 saturated heterocycles. The van der Waals surface area contributed by atoms with Gasteiger partial charge in [0, 0.05) is 11.5 Å². The van der Waals surface area contributed by atoms with Crippen molar-refractivity contribution >= 4 is 17.7 Å². The molecule has 1 saturated carbocycles. The molecule has 134 valence electrons. The first-order valence-corrected chi connectivity index (χ1v) is 8.72. The summed E-state index contributed by atoms with van der Waals surface area (Å²) < 4.78 is 10.7. The van der Waals surface area contributed by atoms with E-state index in [1.165, 1.54) is 0 Å². The Bertz CT molecular complexity index is 748. The van der Waals surface area contributed by atoms with Gasteiger partial charge in [0.1, 0.15) is 5.60 Å². The summed E-state index contributed by atoms with van der Waals surface area (Å²) in [7, 11) is 0. The summed E-state index contributed by atoms with van der Waals surface area (Å²) in [6, 6.07) is 7.21. The molecule has 0 spiro atoms. The monoisotopic (exact) mass is 344 g/mol. The molecule has 0 unspecified atom stereocenters. The quantitative estimate of drug-likeness (QED) is 0.466. The van der Waals surface area contributed by atoms with E-state index >= 15 is 0 Å². The molecule has 5 nitrogen and oxygen atoms in total. The van der Waals surface area contributed by atoms with Crippen LogP contribution >= 0.6 is 0 Å². The molecule has 0 bridgehead atoms. The molecule has 0 aromatic heterocycles. The van der Waals surface area contributed by atoms with Crippen LogP contribution in [0.25, 0.3) is 0 Å². The van der Waals surface area contributed by atoms with Gasteiger partial charge in [-0.3, -0.25) is 14.4 Å². The molecule has 2 fully saturated rings. The minimum absolute atomic E-state index is 0.152. The lowest BCUT2D eigenvalue weighted by molar-refractivity contribution is -0.166. The number of hydrogen-bond donors (Lipinski definition) is 0. The number of esters is 2. The number of cyclic esters (lactones) is 1. The number of rotatable bonds is 5. The van der Waals surface area contributed by atoms with Crippen LogP contribution in [0.5, 0.6) is 0 Å². The molecule has 0 N–H and O–H groups in total. The van der Waals surface area contributed by atoms with E-state index < -0.39 is 34.3 Å². The molecule has 1 aromatic carbocycles. The fourth-order valence-electron chi connectivity index (χ4n) is 4.87. The second-order valence-electron chi connectivity index (χ2n) is 7.47. The van der Waals surface area contributed by atoms with Crippen LogP contribution in [0.4, 0.5) is 0 Å². The van der Waals surface area contributed by atoms with Crippen molar-refractivity contribution in [2.24, 2.45) is 16.7 Å². The van der Waals surface area contributed by atoms with Crippen molar-refractivity contribution in [3.05, 3.63) is 35.4 Å². The van der Waals surface area contributed by atoms with Crippen LogP contribution in [0.2, 0.25) is 0 Å². The van der Waals surface area contributed by atoms with E-state index in [-0.39, 0.29) is 12.4 Å². The first-order chi connectivity index (χ1) is 11.7.